The van der Waals surface area contributed by atoms with Crippen LogP contribution in [0.5, 0.6) is 0 Å². The first-order chi connectivity index (χ1) is 31.9. The number of urea groups is 1. The molecule has 7 rings (SSSR count). The average molecular weight is 938 g/mol. The predicted molar refractivity (Wildman–Crippen MR) is 259 cm³/mol. The molecular formula is C50H67N9O7S. The molecule has 2 fully saturated rings. The summed E-state index contributed by atoms with van der Waals surface area (Å²) in [4.78, 5) is 84.4. The molecule has 0 radical (unpaired) electrons. The molecule has 17 heteroatoms. The van der Waals surface area contributed by atoms with E-state index in [4.69, 9.17) is 19.4 Å². The molecule has 0 unspecified atom stereocenters. The minimum Gasteiger partial charge on any atom is -0.464 e. The summed E-state index contributed by atoms with van der Waals surface area (Å²) < 4.78 is 14.2. The number of cyclic esters (lactones) is 1. The second kappa shape index (κ2) is 20.3. The van der Waals surface area contributed by atoms with Crippen LogP contribution < -0.4 is 10.7 Å². The summed E-state index contributed by atoms with van der Waals surface area (Å²) in [5.74, 6) is -1.94. The van der Waals surface area contributed by atoms with Crippen molar-refractivity contribution in [2.45, 2.75) is 123 Å². The first-order valence-electron chi connectivity index (χ1n) is 23.4. The Labute approximate surface area is 398 Å². The Bertz CT molecular complexity index is 2520. The number of hydrogen-bond acceptors (Lipinski definition) is 11. The highest BCUT2D eigenvalue weighted by Crippen LogP contribution is 2.42. The van der Waals surface area contributed by atoms with Crippen LogP contribution in [-0.4, -0.2) is 135 Å². The number of carbonyl (C=O) groups excluding carboxylic acids is 5. The van der Waals surface area contributed by atoms with Crippen LogP contribution >= 0.6 is 11.3 Å². The van der Waals surface area contributed by atoms with Crippen molar-refractivity contribution in [2.75, 3.05) is 40.9 Å². The highest BCUT2D eigenvalue weighted by atomic mass is 32.1. The minimum absolute atomic E-state index is 0.0685. The van der Waals surface area contributed by atoms with Crippen molar-refractivity contribution in [3.05, 3.63) is 70.8 Å². The third kappa shape index (κ3) is 10.00. The van der Waals surface area contributed by atoms with Gasteiger partial charge in [-0.3, -0.25) is 29.2 Å². The highest BCUT2D eigenvalue weighted by molar-refractivity contribution is 7.10. The number of likely N-dealkylation sites (tertiary alicyclic amines) is 1. The van der Waals surface area contributed by atoms with Gasteiger partial charge < -0.3 is 34.1 Å². The third-order valence-corrected chi connectivity index (χ3v) is 14.6. The molecule has 0 spiro atoms. The minimum atomic E-state index is -1.09. The summed E-state index contributed by atoms with van der Waals surface area (Å²) in [6, 6.07) is 6.70. The summed E-state index contributed by atoms with van der Waals surface area (Å²) in [7, 11) is 4.99. The number of hydrazine groups is 1. The SMILES string of the molecule is C=CC(=O)N(C)[C@@H]1CCN(C(=O)N(C)[C@H](C(=O)N[C@H]2Cc3nc(cs3)-c3ccc4c(c3)c(c(-c3cccnc3[C@H](C)OC)n4CC)CC(C)(C)COC(=O)[C@@H]3CCCN(N3)C2=O)C(C)C)[C@@H]1C. The van der Waals surface area contributed by atoms with E-state index in [1.807, 2.05) is 39.1 Å². The maximum absolute atomic E-state index is 14.7. The van der Waals surface area contributed by atoms with Crippen LogP contribution in [0.1, 0.15) is 90.1 Å². The summed E-state index contributed by atoms with van der Waals surface area (Å²) in [6.07, 6.45) is 5.01. The number of nitrogens with zero attached hydrogens (tertiary/aromatic N) is 7. The largest absolute Gasteiger partial charge is 0.464 e. The number of esters is 1. The third-order valence-electron chi connectivity index (χ3n) is 13.8. The lowest BCUT2D eigenvalue weighted by Crippen LogP contribution is -2.62. The number of aryl methyl sites for hydroxylation is 1. The molecule has 67 heavy (non-hydrogen) atoms. The van der Waals surface area contributed by atoms with E-state index in [1.54, 1.807) is 37.2 Å². The van der Waals surface area contributed by atoms with Gasteiger partial charge in [0, 0.05) is 86.3 Å². The van der Waals surface area contributed by atoms with E-state index in [1.165, 1.54) is 27.3 Å². The molecule has 4 aromatic rings. The number of rotatable bonds is 10. The van der Waals surface area contributed by atoms with E-state index in [9.17, 15) is 24.0 Å². The topological polar surface area (TPSA) is 172 Å². The molecule has 1 aromatic carbocycles. The molecule has 6 heterocycles. The number of ether oxygens (including phenoxy) is 2. The van der Waals surface area contributed by atoms with E-state index >= 15 is 0 Å². The summed E-state index contributed by atoms with van der Waals surface area (Å²) in [5.41, 5.74) is 9.24. The zero-order valence-corrected chi connectivity index (χ0v) is 41.4. The summed E-state index contributed by atoms with van der Waals surface area (Å²) in [5, 5.41) is 8.11. The second-order valence-electron chi connectivity index (χ2n) is 19.3. The lowest BCUT2D eigenvalue weighted by molar-refractivity contribution is -0.155. The van der Waals surface area contributed by atoms with E-state index < -0.39 is 41.3 Å². The Hall–Kier alpha value is -5.65. The normalized spacial score (nSPS) is 22.0. The Balaban J connectivity index is 1.25. The molecule has 360 valence electrons. The molecule has 0 aliphatic carbocycles. The van der Waals surface area contributed by atoms with Gasteiger partial charge in [0.05, 0.1) is 46.9 Å². The quantitative estimate of drug-likeness (QED) is 0.134. The van der Waals surface area contributed by atoms with Gasteiger partial charge in [-0.2, -0.15) is 0 Å². The van der Waals surface area contributed by atoms with Crippen LogP contribution in [0.15, 0.2) is 54.6 Å². The van der Waals surface area contributed by atoms with Crippen molar-refractivity contribution in [1.82, 2.24) is 45.0 Å². The number of benzene rings is 1. The number of amides is 5. The lowest BCUT2D eigenvalue weighted by atomic mass is 9.84. The number of methoxy groups -OCH3 is 1. The van der Waals surface area contributed by atoms with Gasteiger partial charge in [0.2, 0.25) is 11.8 Å². The Morgan fingerprint density at radius 3 is 2.60 bits per heavy atom. The highest BCUT2D eigenvalue weighted by Gasteiger charge is 2.43. The van der Waals surface area contributed by atoms with Crippen LogP contribution in [-0.2, 0) is 48.0 Å². The number of fused-ring (bicyclic) bond motifs is 6. The fourth-order valence-electron chi connectivity index (χ4n) is 10.1. The number of aromatic nitrogens is 3. The molecule has 3 aliphatic rings. The number of nitrogens with one attached hydrogen (secondary N) is 2. The molecule has 2 saturated heterocycles. The number of carbonyl (C=O) groups is 5. The summed E-state index contributed by atoms with van der Waals surface area (Å²) in [6.45, 7) is 19.1. The number of pyridine rings is 1. The van der Waals surface area contributed by atoms with E-state index in [0.29, 0.717) is 50.3 Å². The van der Waals surface area contributed by atoms with Crippen LogP contribution in [0.25, 0.3) is 33.4 Å². The number of hydrogen-bond donors (Lipinski definition) is 2. The first-order valence-corrected chi connectivity index (χ1v) is 24.3. The van der Waals surface area contributed by atoms with Crippen LogP contribution in [0.2, 0.25) is 0 Å². The predicted octanol–water partition coefficient (Wildman–Crippen LogP) is 6.39. The average Bonchev–Trinajstić information content (AvgIpc) is 4.03. The zero-order valence-electron chi connectivity index (χ0n) is 40.6. The molecule has 6 atom stereocenters. The Morgan fingerprint density at radius 1 is 1.13 bits per heavy atom. The molecule has 2 N–H and O–H groups in total. The fraction of sp³-hybridized carbons (Fsp3) is 0.540. The van der Waals surface area contributed by atoms with Gasteiger partial charge in [-0.1, -0.05) is 40.3 Å². The monoisotopic (exact) mass is 937 g/mol. The molecular weight excluding hydrogens is 871 g/mol. The van der Waals surface area contributed by atoms with Gasteiger partial charge in [-0.05, 0) is 88.3 Å². The van der Waals surface area contributed by atoms with Gasteiger partial charge in [-0.25, -0.2) is 15.2 Å². The number of thiazole rings is 1. The molecule has 16 nitrogen and oxygen atoms in total. The lowest BCUT2D eigenvalue weighted by Gasteiger charge is -2.38. The van der Waals surface area contributed by atoms with Crippen molar-refractivity contribution in [3.8, 4) is 22.5 Å². The van der Waals surface area contributed by atoms with Crippen LogP contribution in [0.4, 0.5) is 4.79 Å². The molecule has 0 saturated carbocycles. The molecule has 3 aromatic heterocycles. The second-order valence-corrected chi connectivity index (χ2v) is 20.2. The number of likely N-dealkylation sites (N-methyl/N-ethyl adjacent to an activating group) is 2. The molecule has 6 bridgehead atoms. The Morgan fingerprint density at radius 2 is 1.90 bits per heavy atom. The van der Waals surface area contributed by atoms with E-state index in [-0.39, 0.29) is 49.1 Å². The molecule has 3 aliphatic heterocycles. The smallest absolute Gasteiger partial charge is 0.324 e. The summed E-state index contributed by atoms with van der Waals surface area (Å²) >= 11 is 1.40. The van der Waals surface area contributed by atoms with E-state index in [2.05, 4.69) is 66.9 Å². The van der Waals surface area contributed by atoms with Crippen molar-refractivity contribution in [2.24, 2.45) is 11.3 Å². The van der Waals surface area contributed by atoms with Gasteiger partial charge in [0.25, 0.3) is 5.91 Å². The van der Waals surface area contributed by atoms with Crippen LogP contribution in [0, 0.1) is 11.3 Å². The van der Waals surface area contributed by atoms with Gasteiger partial charge >= 0.3 is 12.0 Å². The van der Waals surface area contributed by atoms with Gasteiger partial charge in [0.1, 0.15) is 18.1 Å². The van der Waals surface area contributed by atoms with E-state index in [0.717, 1.165) is 44.7 Å². The zero-order chi connectivity index (χ0) is 48.5. The van der Waals surface area contributed by atoms with Crippen molar-refractivity contribution >= 4 is 52.0 Å². The van der Waals surface area contributed by atoms with Crippen molar-refractivity contribution < 1.29 is 33.4 Å². The maximum Gasteiger partial charge on any atom is 0.324 e. The Kier molecular flexibility index (Phi) is 14.9. The maximum atomic E-state index is 14.7. The van der Waals surface area contributed by atoms with Gasteiger partial charge in [0.15, 0.2) is 0 Å². The van der Waals surface area contributed by atoms with Crippen LogP contribution in [0.3, 0.4) is 0 Å². The molecule has 5 amide bonds. The van der Waals surface area contributed by atoms with Gasteiger partial charge in [-0.15, -0.1) is 11.3 Å². The standard InChI is InChI=1S/C50H67N9O7S/c1-12-42(60)55(9)39-20-23-58(30(39)5)49(64)56(10)44(29(3)4)46(61)53-37-25-41-52-38(27-67-41)32-18-19-40-34(24-32)35(45(57(40)13-2)33-16-14-21-51-43(33)31(6)65-11)26-50(7,8)28-66-48(63)36-17-15-22-59(54-36)47(37)62/h12,14,16,18-19,21,24,27,29-31,36-37,39,44,54H,1,13,15,17,20,22-23,25-26,28H2,2-11H3,(H,53,61)/t30-,31+,36+,37+,39-,44+/m1/s1. The first kappa shape index (κ1) is 49.3. The fourth-order valence-corrected chi connectivity index (χ4v) is 10.9. The van der Waals surface area contributed by atoms with Crippen molar-refractivity contribution in [3.63, 3.8) is 0 Å². The van der Waals surface area contributed by atoms with Crippen molar-refractivity contribution in [1.29, 1.82) is 0 Å².